The maximum Gasteiger partial charge on any atom is 0.269 e. The lowest BCUT2D eigenvalue weighted by molar-refractivity contribution is -0.384. The molecule has 0 aliphatic carbocycles. The molecule has 1 aromatic heterocycles. The van der Waals surface area contributed by atoms with Gasteiger partial charge in [0.2, 0.25) is 5.95 Å². The van der Waals surface area contributed by atoms with Crippen molar-refractivity contribution in [3.63, 3.8) is 0 Å². The van der Waals surface area contributed by atoms with Crippen molar-refractivity contribution in [2.75, 3.05) is 29.4 Å². The number of rotatable bonds is 2. The number of nitrogens with zero attached hydrogens (tertiary/aromatic N) is 5. The van der Waals surface area contributed by atoms with Crippen LogP contribution in [0.2, 0.25) is 0 Å². The first-order valence-corrected chi connectivity index (χ1v) is 7.38. The second kappa shape index (κ2) is 5.15. The highest BCUT2D eigenvalue weighted by atomic mass is 19.1. The summed E-state index contributed by atoms with van der Waals surface area (Å²) in [6, 6.07) is 5.27. The average molecular weight is 315 g/mol. The lowest BCUT2D eigenvalue weighted by Gasteiger charge is -2.39. The predicted molar refractivity (Wildman–Crippen MR) is 82.1 cm³/mol. The SMILES string of the molecule is O=[N+]([O-])c1ccc2c(c1)C[C@H]1CN(c3ncc(F)cn3)CCN21. The number of hydrogen-bond acceptors (Lipinski definition) is 6. The van der Waals surface area contributed by atoms with E-state index in [0.29, 0.717) is 12.5 Å². The molecule has 0 bridgehead atoms. The Balaban J connectivity index is 1.56. The first kappa shape index (κ1) is 13.9. The van der Waals surface area contributed by atoms with E-state index in [0.717, 1.165) is 30.8 Å². The molecule has 4 rings (SSSR count). The van der Waals surface area contributed by atoms with E-state index >= 15 is 0 Å². The molecule has 0 unspecified atom stereocenters. The summed E-state index contributed by atoms with van der Waals surface area (Å²) < 4.78 is 12.9. The zero-order valence-corrected chi connectivity index (χ0v) is 12.2. The Hall–Kier alpha value is -2.77. The molecule has 8 heteroatoms. The van der Waals surface area contributed by atoms with Gasteiger partial charge in [-0.15, -0.1) is 0 Å². The molecule has 2 aromatic rings. The molecule has 3 heterocycles. The summed E-state index contributed by atoms with van der Waals surface area (Å²) in [6.07, 6.45) is 3.09. The van der Waals surface area contributed by atoms with Crippen molar-refractivity contribution in [3.8, 4) is 0 Å². The van der Waals surface area contributed by atoms with Gasteiger partial charge in [-0.3, -0.25) is 10.1 Å². The summed E-state index contributed by atoms with van der Waals surface area (Å²) in [5.74, 6) is 0.0703. The van der Waals surface area contributed by atoms with Crippen LogP contribution < -0.4 is 9.80 Å². The minimum absolute atomic E-state index is 0.127. The van der Waals surface area contributed by atoms with E-state index in [1.165, 1.54) is 12.4 Å². The van der Waals surface area contributed by atoms with Crippen LogP contribution in [0.1, 0.15) is 5.56 Å². The van der Waals surface area contributed by atoms with Crippen LogP contribution >= 0.6 is 0 Å². The molecule has 2 aliphatic heterocycles. The summed E-state index contributed by atoms with van der Waals surface area (Å²) >= 11 is 0. The maximum absolute atomic E-state index is 12.9. The van der Waals surface area contributed by atoms with Gasteiger partial charge in [0, 0.05) is 37.5 Å². The van der Waals surface area contributed by atoms with Gasteiger partial charge in [-0.2, -0.15) is 0 Å². The molecular weight excluding hydrogens is 301 g/mol. The van der Waals surface area contributed by atoms with Gasteiger partial charge in [0.1, 0.15) is 0 Å². The average Bonchev–Trinajstić information content (AvgIpc) is 2.92. The van der Waals surface area contributed by atoms with Crippen molar-refractivity contribution in [3.05, 3.63) is 52.1 Å². The van der Waals surface area contributed by atoms with Crippen molar-refractivity contribution in [2.45, 2.75) is 12.5 Å². The molecule has 23 heavy (non-hydrogen) atoms. The van der Waals surface area contributed by atoms with Crippen molar-refractivity contribution in [2.24, 2.45) is 0 Å². The Kier molecular flexibility index (Phi) is 3.10. The van der Waals surface area contributed by atoms with Gasteiger partial charge in [-0.1, -0.05) is 0 Å². The standard InChI is InChI=1S/C15H14FN5O2/c16-11-7-17-15(18-8-11)19-3-4-20-13(9-19)6-10-5-12(21(22)23)1-2-14(10)20/h1-2,5,7-8,13H,3-4,6,9H2/t13-/m0/s1. The second-order valence-electron chi connectivity index (χ2n) is 5.77. The Morgan fingerprint density at radius 1 is 1.26 bits per heavy atom. The van der Waals surface area contributed by atoms with Crippen LogP contribution in [0.15, 0.2) is 30.6 Å². The summed E-state index contributed by atoms with van der Waals surface area (Å²) in [7, 11) is 0. The molecule has 0 amide bonds. The number of piperazine rings is 1. The smallest absolute Gasteiger partial charge is 0.269 e. The van der Waals surface area contributed by atoms with Gasteiger partial charge in [-0.05, 0) is 18.1 Å². The van der Waals surface area contributed by atoms with Crippen molar-refractivity contribution >= 4 is 17.3 Å². The van der Waals surface area contributed by atoms with Gasteiger partial charge in [0.25, 0.3) is 5.69 Å². The monoisotopic (exact) mass is 315 g/mol. The van der Waals surface area contributed by atoms with E-state index in [-0.39, 0.29) is 16.7 Å². The van der Waals surface area contributed by atoms with Crippen LogP contribution in [0.5, 0.6) is 0 Å². The fraction of sp³-hybridized carbons (Fsp3) is 0.333. The lowest BCUT2D eigenvalue weighted by Crippen LogP contribution is -2.52. The lowest BCUT2D eigenvalue weighted by atomic mass is 10.1. The molecule has 1 saturated heterocycles. The Labute approximate surface area is 131 Å². The number of nitro benzene ring substituents is 1. The van der Waals surface area contributed by atoms with Gasteiger partial charge < -0.3 is 9.80 Å². The fourth-order valence-corrected chi connectivity index (χ4v) is 3.38. The number of halogens is 1. The Morgan fingerprint density at radius 2 is 2.04 bits per heavy atom. The van der Waals surface area contributed by atoms with Gasteiger partial charge in [0.15, 0.2) is 5.82 Å². The third-order valence-electron chi connectivity index (χ3n) is 4.41. The molecule has 0 radical (unpaired) electrons. The summed E-state index contributed by atoms with van der Waals surface area (Å²) in [6.45, 7) is 2.24. The number of fused-ring (bicyclic) bond motifs is 3. The predicted octanol–water partition coefficient (Wildman–Crippen LogP) is 1.78. The Morgan fingerprint density at radius 3 is 2.78 bits per heavy atom. The highest BCUT2D eigenvalue weighted by Gasteiger charge is 2.35. The van der Waals surface area contributed by atoms with Crippen LogP contribution in [-0.2, 0) is 6.42 Å². The van der Waals surface area contributed by atoms with Crippen LogP contribution in [0, 0.1) is 15.9 Å². The molecule has 2 aliphatic rings. The van der Waals surface area contributed by atoms with Crippen LogP contribution in [0.25, 0.3) is 0 Å². The zero-order chi connectivity index (χ0) is 16.0. The molecule has 7 nitrogen and oxygen atoms in total. The van der Waals surface area contributed by atoms with E-state index in [2.05, 4.69) is 14.9 Å². The van der Waals surface area contributed by atoms with Crippen molar-refractivity contribution in [1.82, 2.24) is 9.97 Å². The van der Waals surface area contributed by atoms with Crippen LogP contribution in [0.3, 0.4) is 0 Å². The quantitative estimate of drug-likeness (QED) is 0.621. The van der Waals surface area contributed by atoms with Gasteiger partial charge in [-0.25, -0.2) is 14.4 Å². The minimum Gasteiger partial charge on any atom is -0.364 e. The third-order valence-corrected chi connectivity index (χ3v) is 4.41. The molecule has 0 N–H and O–H groups in total. The largest absolute Gasteiger partial charge is 0.364 e. The van der Waals surface area contributed by atoms with Crippen LogP contribution in [0.4, 0.5) is 21.7 Å². The van der Waals surface area contributed by atoms with E-state index in [1.54, 1.807) is 12.1 Å². The number of nitro groups is 1. The normalized spacial score (nSPS) is 19.4. The maximum atomic E-state index is 12.9. The zero-order valence-electron chi connectivity index (χ0n) is 12.2. The van der Waals surface area contributed by atoms with Crippen LogP contribution in [-0.4, -0.2) is 40.6 Å². The van der Waals surface area contributed by atoms with E-state index in [4.69, 9.17) is 0 Å². The highest BCUT2D eigenvalue weighted by molar-refractivity contribution is 5.64. The molecule has 118 valence electrons. The first-order chi connectivity index (χ1) is 11.1. The minimum atomic E-state index is -0.451. The second-order valence-corrected chi connectivity index (χ2v) is 5.77. The molecule has 0 saturated carbocycles. The number of aromatic nitrogens is 2. The Bertz CT molecular complexity index is 767. The molecule has 1 aromatic carbocycles. The van der Waals surface area contributed by atoms with Crippen molar-refractivity contribution in [1.29, 1.82) is 0 Å². The van der Waals surface area contributed by atoms with Gasteiger partial charge in [0.05, 0.1) is 23.4 Å². The number of hydrogen-bond donors (Lipinski definition) is 0. The molecule has 0 spiro atoms. The van der Waals surface area contributed by atoms with E-state index < -0.39 is 5.82 Å². The van der Waals surface area contributed by atoms with E-state index in [9.17, 15) is 14.5 Å². The molecular formula is C15H14FN5O2. The topological polar surface area (TPSA) is 75.4 Å². The summed E-state index contributed by atoms with van der Waals surface area (Å²) in [5.41, 5.74) is 2.20. The third kappa shape index (κ3) is 2.36. The molecule has 1 atom stereocenters. The first-order valence-electron chi connectivity index (χ1n) is 7.38. The fourth-order valence-electron chi connectivity index (χ4n) is 3.38. The summed E-state index contributed by atoms with van der Waals surface area (Å²) in [4.78, 5) is 22.9. The number of anilines is 2. The molecule has 1 fully saturated rings. The van der Waals surface area contributed by atoms with E-state index in [1.807, 2.05) is 11.0 Å². The number of non-ortho nitro benzene ring substituents is 1. The summed E-state index contributed by atoms with van der Waals surface area (Å²) in [5, 5.41) is 10.9. The van der Waals surface area contributed by atoms with Gasteiger partial charge >= 0.3 is 0 Å². The van der Waals surface area contributed by atoms with Crippen molar-refractivity contribution < 1.29 is 9.31 Å². The number of benzene rings is 1. The highest BCUT2D eigenvalue weighted by Crippen LogP contribution is 2.36.